The van der Waals surface area contributed by atoms with Crippen molar-refractivity contribution in [2.45, 2.75) is 35.8 Å². The van der Waals surface area contributed by atoms with Gasteiger partial charge in [0.25, 0.3) is 10.0 Å². The van der Waals surface area contributed by atoms with Crippen molar-refractivity contribution in [3.8, 4) is 11.5 Å². The van der Waals surface area contributed by atoms with Crippen LogP contribution in [0.25, 0.3) is 0 Å². The summed E-state index contributed by atoms with van der Waals surface area (Å²) in [6, 6.07) is 17.1. The molecule has 0 aliphatic rings. The lowest BCUT2D eigenvalue weighted by atomic mass is 10.1. The molecule has 1 atom stereocenters. The van der Waals surface area contributed by atoms with Crippen LogP contribution in [-0.4, -0.2) is 33.8 Å². The van der Waals surface area contributed by atoms with Crippen LogP contribution in [0, 0.1) is 13.8 Å². The Bertz CT molecular complexity index is 1250. The smallest absolute Gasteiger partial charge is 0.261 e. The Morgan fingerprint density at radius 1 is 0.912 bits per heavy atom. The molecular weight excluding hydrogens is 472 g/mol. The highest BCUT2D eigenvalue weighted by molar-refractivity contribution is 8.00. The maximum Gasteiger partial charge on any atom is 0.261 e. The lowest BCUT2D eigenvalue weighted by molar-refractivity contribution is -0.115. The Kier molecular flexibility index (Phi) is 8.11. The van der Waals surface area contributed by atoms with Crippen LogP contribution in [0.1, 0.15) is 18.1 Å². The van der Waals surface area contributed by atoms with Gasteiger partial charge in [0.15, 0.2) is 11.5 Å². The Morgan fingerprint density at radius 3 is 2.12 bits per heavy atom. The Balaban J connectivity index is 1.66. The van der Waals surface area contributed by atoms with Crippen LogP contribution in [0.5, 0.6) is 11.5 Å². The molecule has 180 valence electrons. The molecule has 0 bridgehead atoms. The molecule has 0 aliphatic heterocycles. The van der Waals surface area contributed by atoms with E-state index in [1.807, 2.05) is 44.2 Å². The largest absolute Gasteiger partial charge is 0.493 e. The number of para-hydroxylation sites is 1. The standard InChI is InChI=1S/C25H28N2O5S2/c1-16-7-6-8-17(2)24(16)27-34(29,30)21-12-9-19(10-13-21)26-25(28)18(3)33-20-11-14-22(31-4)23(15-20)32-5/h6-15,18,27H,1-5H3,(H,26,28). The Morgan fingerprint density at radius 2 is 1.53 bits per heavy atom. The van der Waals surface area contributed by atoms with Crippen molar-refractivity contribution in [1.29, 1.82) is 0 Å². The summed E-state index contributed by atoms with van der Waals surface area (Å²) in [6.07, 6.45) is 0. The van der Waals surface area contributed by atoms with Gasteiger partial charge in [-0.05, 0) is 74.4 Å². The minimum absolute atomic E-state index is 0.112. The minimum atomic E-state index is -3.76. The molecule has 1 unspecified atom stereocenters. The molecule has 1 amide bonds. The molecule has 0 aromatic heterocycles. The first kappa shape index (κ1) is 25.5. The summed E-state index contributed by atoms with van der Waals surface area (Å²) in [6.45, 7) is 5.50. The van der Waals surface area contributed by atoms with E-state index in [0.29, 0.717) is 22.9 Å². The van der Waals surface area contributed by atoms with E-state index in [-0.39, 0.29) is 10.8 Å². The topological polar surface area (TPSA) is 93.7 Å². The summed E-state index contributed by atoms with van der Waals surface area (Å²) in [5.74, 6) is 1.00. The first-order chi connectivity index (χ1) is 16.1. The Labute approximate surface area is 204 Å². The molecule has 0 spiro atoms. The molecule has 0 aliphatic carbocycles. The quantitative estimate of drug-likeness (QED) is 0.390. The van der Waals surface area contributed by atoms with Crippen molar-refractivity contribution in [2.24, 2.45) is 0 Å². The number of ether oxygens (including phenoxy) is 2. The van der Waals surface area contributed by atoms with Gasteiger partial charge < -0.3 is 14.8 Å². The second-order valence-corrected chi connectivity index (χ2v) is 10.8. The minimum Gasteiger partial charge on any atom is -0.493 e. The van der Waals surface area contributed by atoms with Gasteiger partial charge in [0, 0.05) is 10.6 Å². The van der Waals surface area contributed by atoms with Crippen LogP contribution in [0.15, 0.2) is 70.5 Å². The number of rotatable bonds is 9. The summed E-state index contributed by atoms with van der Waals surface area (Å²) in [5, 5.41) is 2.43. The molecule has 3 aromatic carbocycles. The lowest BCUT2D eigenvalue weighted by Gasteiger charge is -2.15. The second-order valence-electron chi connectivity index (χ2n) is 7.66. The average molecular weight is 501 g/mol. The third kappa shape index (κ3) is 6.03. The molecule has 34 heavy (non-hydrogen) atoms. The fraction of sp³-hybridized carbons (Fsp3) is 0.240. The Hall–Kier alpha value is -3.17. The molecule has 3 rings (SSSR count). The van der Waals surface area contributed by atoms with Crippen LogP contribution in [0.2, 0.25) is 0 Å². The van der Waals surface area contributed by atoms with Crippen molar-refractivity contribution >= 4 is 39.1 Å². The van der Waals surface area contributed by atoms with Crippen LogP contribution in [0.3, 0.4) is 0 Å². The highest BCUT2D eigenvalue weighted by Gasteiger charge is 2.19. The van der Waals surface area contributed by atoms with E-state index in [4.69, 9.17) is 9.47 Å². The first-order valence-corrected chi connectivity index (χ1v) is 12.9. The van der Waals surface area contributed by atoms with Crippen LogP contribution in [-0.2, 0) is 14.8 Å². The number of carbonyl (C=O) groups is 1. The fourth-order valence-electron chi connectivity index (χ4n) is 3.28. The van der Waals surface area contributed by atoms with Crippen molar-refractivity contribution in [3.63, 3.8) is 0 Å². The van der Waals surface area contributed by atoms with Gasteiger partial charge in [0.1, 0.15) is 0 Å². The SMILES string of the molecule is COc1ccc(SC(C)C(=O)Nc2ccc(S(=O)(=O)Nc3c(C)cccc3C)cc2)cc1OC. The van der Waals surface area contributed by atoms with Gasteiger partial charge in [-0.1, -0.05) is 18.2 Å². The monoisotopic (exact) mass is 500 g/mol. The number of aryl methyl sites for hydroxylation is 2. The molecule has 7 nitrogen and oxygen atoms in total. The summed E-state index contributed by atoms with van der Waals surface area (Å²) >= 11 is 1.38. The third-order valence-electron chi connectivity index (χ3n) is 5.19. The van der Waals surface area contributed by atoms with Crippen molar-refractivity contribution < 1.29 is 22.7 Å². The number of nitrogens with one attached hydrogen (secondary N) is 2. The number of hydrogen-bond acceptors (Lipinski definition) is 6. The van der Waals surface area contributed by atoms with E-state index in [0.717, 1.165) is 16.0 Å². The molecule has 0 saturated heterocycles. The van der Waals surface area contributed by atoms with E-state index in [2.05, 4.69) is 10.0 Å². The van der Waals surface area contributed by atoms with Crippen LogP contribution >= 0.6 is 11.8 Å². The fourth-order valence-corrected chi connectivity index (χ4v) is 5.38. The van der Waals surface area contributed by atoms with E-state index in [9.17, 15) is 13.2 Å². The molecule has 0 fully saturated rings. The van der Waals surface area contributed by atoms with Crippen molar-refractivity contribution in [3.05, 3.63) is 71.8 Å². The number of methoxy groups -OCH3 is 2. The summed E-state index contributed by atoms with van der Waals surface area (Å²) in [4.78, 5) is 13.6. The van der Waals surface area contributed by atoms with Gasteiger partial charge >= 0.3 is 0 Å². The van der Waals surface area contributed by atoms with E-state index in [1.165, 1.54) is 23.9 Å². The summed E-state index contributed by atoms with van der Waals surface area (Å²) < 4.78 is 38.9. The van der Waals surface area contributed by atoms with Crippen LogP contribution < -0.4 is 19.5 Å². The second kappa shape index (κ2) is 10.8. The van der Waals surface area contributed by atoms with Crippen molar-refractivity contribution in [1.82, 2.24) is 0 Å². The zero-order valence-corrected chi connectivity index (χ0v) is 21.3. The van der Waals surface area contributed by atoms with E-state index >= 15 is 0 Å². The molecule has 3 aromatic rings. The van der Waals surface area contributed by atoms with Crippen molar-refractivity contribution in [2.75, 3.05) is 24.3 Å². The normalized spacial score (nSPS) is 12.0. The number of carbonyl (C=O) groups excluding carboxylic acids is 1. The maximum absolute atomic E-state index is 12.8. The molecular formula is C25H28N2O5S2. The van der Waals surface area contributed by atoms with Gasteiger partial charge in [-0.25, -0.2) is 8.42 Å². The molecule has 9 heteroatoms. The molecule has 0 heterocycles. The van der Waals surface area contributed by atoms with Gasteiger partial charge in [-0.15, -0.1) is 11.8 Å². The maximum atomic E-state index is 12.8. The predicted octanol–water partition coefficient (Wildman–Crippen LogP) is 5.24. The van der Waals surface area contributed by atoms with Gasteiger partial charge in [0.05, 0.1) is 30.1 Å². The number of thioether (sulfide) groups is 1. The van der Waals surface area contributed by atoms with E-state index < -0.39 is 15.3 Å². The molecule has 2 N–H and O–H groups in total. The molecule has 0 radical (unpaired) electrons. The van der Waals surface area contributed by atoms with Gasteiger partial charge in [-0.3, -0.25) is 9.52 Å². The van der Waals surface area contributed by atoms with E-state index in [1.54, 1.807) is 39.3 Å². The van der Waals surface area contributed by atoms with Gasteiger partial charge in [-0.2, -0.15) is 0 Å². The summed E-state index contributed by atoms with van der Waals surface area (Å²) in [7, 11) is -0.636. The first-order valence-electron chi connectivity index (χ1n) is 10.5. The zero-order valence-electron chi connectivity index (χ0n) is 19.7. The van der Waals surface area contributed by atoms with Gasteiger partial charge in [0.2, 0.25) is 5.91 Å². The number of benzene rings is 3. The average Bonchev–Trinajstić information content (AvgIpc) is 2.81. The number of sulfonamides is 1. The number of anilines is 2. The highest BCUT2D eigenvalue weighted by Crippen LogP contribution is 2.34. The summed E-state index contributed by atoms with van der Waals surface area (Å²) in [5.41, 5.74) is 2.76. The molecule has 0 saturated carbocycles. The van der Waals surface area contributed by atoms with Crippen LogP contribution in [0.4, 0.5) is 11.4 Å². The third-order valence-corrected chi connectivity index (χ3v) is 7.65. The predicted molar refractivity (Wildman–Crippen MR) is 137 cm³/mol. The number of hydrogen-bond donors (Lipinski definition) is 2. The number of amides is 1. The highest BCUT2D eigenvalue weighted by atomic mass is 32.2. The lowest BCUT2D eigenvalue weighted by Crippen LogP contribution is -2.22. The zero-order chi connectivity index (χ0) is 24.9.